The highest BCUT2D eigenvalue weighted by Gasteiger charge is 2.37. The first-order valence-corrected chi connectivity index (χ1v) is 7.67. The summed E-state index contributed by atoms with van der Waals surface area (Å²) in [6.45, 7) is 5.23. The number of hydrogen-bond donors (Lipinski definition) is 2. The summed E-state index contributed by atoms with van der Waals surface area (Å²) in [6.07, 6.45) is 3.46. The zero-order valence-corrected chi connectivity index (χ0v) is 12.1. The zero-order valence-electron chi connectivity index (χ0n) is 11.3. The maximum Gasteiger partial charge on any atom is 0.0596 e. The van der Waals surface area contributed by atoms with E-state index in [9.17, 15) is 5.11 Å². The summed E-state index contributed by atoms with van der Waals surface area (Å²) in [4.78, 5) is 5.10. The van der Waals surface area contributed by atoms with Crippen LogP contribution in [-0.4, -0.2) is 35.2 Å². The van der Waals surface area contributed by atoms with Gasteiger partial charge in [0.2, 0.25) is 0 Å². The number of rotatable bonds is 7. The lowest BCUT2D eigenvalue weighted by atomic mass is 10.0. The molecule has 1 aliphatic carbocycles. The fourth-order valence-electron chi connectivity index (χ4n) is 2.53. The van der Waals surface area contributed by atoms with Gasteiger partial charge in [-0.05, 0) is 38.3 Å². The smallest absolute Gasteiger partial charge is 0.0596 e. The van der Waals surface area contributed by atoms with Crippen LogP contribution in [-0.2, 0) is 0 Å². The van der Waals surface area contributed by atoms with Crippen LogP contribution in [0.1, 0.15) is 42.0 Å². The van der Waals surface area contributed by atoms with Gasteiger partial charge in [0, 0.05) is 28.4 Å². The van der Waals surface area contributed by atoms with Gasteiger partial charge in [0.1, 0.15) is 0 Å². The lowest BCUT2D eigenvalue weighted by Crippen LogP contribution is -2.43. The Morgan fingerprint density at radius 3 is 2.67 bits per heavy atom. The second-order valence-corrected chi connectivity index (χ2v) is 6.48. The molecule has 2 unspecified atom stereocenters. The van der Waals surface area contributed by atoms with Gasteiger partial charge in [-0.3, -0.25) is 4.90 Å². The van der Waals surface area contributed by atoms with Crippen LogP contribution < -0.4 is 5.73 Å². The summed E-state index contributed by atoms with van der Waals surface area (Å²) in [7, 11) is 0. The van der Waals surface area contributed by atoms with Crippen LogP contribution in [0.4, 0.5) is 0 Å². The molecular formula is C14H24N2OS. The van der Waals surface area contributed by atoms with Gasteiger partial charge in [-0.15, -0.1) is 11.3 Å². The van der Waals surface area contributed by atoms with Crippen molar-refractivity contribution in [3.05, 3.63) is 21.9 Å². The van der Waals surface area contributed by atoms with Crippen LogP contribution in [0.15, 0.2) is 12.1 Å². The normalized spacial score (nSPS) is 19.2. The van der Waals surface area contributed by atoms with Crippen LogP contribution in [0.25, 0.3) is 0 Å². The molecule has 1 aromatic rings. The lowest BCUT2D eigenvalue weighted by molar-refractivity contribution is 0.126. The third kappa shape index (κ3) is 3.12. The molecule has 1 aliphatic rings. The van der Waals surface area contributed by atoms with Crippen LogP contribution in [0, 0.1) is 6.92 Å². The van der Waals surface area contributed by atoms with Crippen LogP contribution >= 0.6 is 11.3 Å². The summed E-state index contributed by atoms with van der Waals surface area (Å²) >= 11 is 1.84. The quantitative estimate of drug-likeness (QED) is 0.798. The molecule has 4 heteroatoms. The molecule has 2 atom stereocenters. The Labute approximate surface area is 114 Å². The Hall–Kier alpha value is -0.420. The van der Waals surface area contributed by atoms with Crippen molar-refractivity contribution < 1.29 is 5.11 Å². The molecule has 0 spiro atoms. The van der Waals surface area contributed by atoms with Gasteiger partial charge in [0.05, 0.1) is 12.6 Å². The average molecular weight is 268 g/mol. The SMILES string of the molecule is CCC(N)C(c1ccc(C)s1)N(CCO)C1CC1. The van der Waals surface area contributed by atoms with Crippen molar-refractivity contribution >= 4 is 11.3 Å². The molecule has 0 radical (unpaired) electrons. The van der Waals surface area contributed by atoms with E-state index in [1.807, 2.05) is 11.3 Å². The van der Waals surface area contributed by atoms with E-state index in [0.29, 0.717) is 6.04 Å². The minimum absolute atomic E-state index is 0.148. The lowest BCUT2D eigenvalue weighted by Gasteiger charge is -2.34. The van der Waals surface area contributed by atoms with E-state index in [-0.39, 0.29) is 18.7 Å². The van der Waals surface area contributed by atoms with Gasteiger partial charge < -0.3 is 10.8 Å². The van der Waals surface area contributed by atoms with Gasteiger partial charge in [-0.1, -0.05) is 6.92 Å². The molecule has 3 N–H and O–H groups in total. The third-order valence-electron chi connectivity index (χ3n) is 3.66. The van der Waals surface area contributed by atoms with Crippen LogP contribution in [0.3, 0.4) is 0 Å². The highest BCUT2D eigenvalue weighted by atomic mass is 32.1. The second kappa shape index (κ2) is 6.15. The van der Waals surface area contributed by atoms with Crippen LogP contribution in [0.5, 0.6) is 0 Å². The Bertz CT molecular complexity index is 376. The number of hydrogen-bond acceptors (Lipinski definition) is 4. The maximum atomic E-state index is 9.29. The molecule has 1 saturated carbocycles. The van der Waals surface area contributed by atoms with Gasteiger partial charge in [-0.25, -0.2) is 0 Å². The van der Waals surface area contributed by atoms with Crippen molar-refractivity contribution in [2.45, 2.75) is 51.2 Å². The molecular weight excluding hydrogens is 244 g/mol. The first kappa shape index (κ1) is 14.0. The van der Waals surface area contributed by atoms with Crippen molar-refractivity contribution in [2.24, 2.45) is 5.73 Å². The van der Waals surface area contributed by atoms with Gasteiger partial charge >= 0.3 is 0 Å². The Balaban J connectivity index is 2.22. The van der Waals surface area contributed by atoms with Crippen molar-refractivity contribution in [3.8, 4) is 0 Å². The van der Waals surface area contributed by atoms with Gasteiger partial charge in [0.15, 0.2) is 0 Å². The Morgan fingerprint density at radius 1 is 1.50 bits per heavy atom. The topological polar surface area (TPSA) is 49.5 Å². The zero-order chi connectivity index (χ0) is 13.1. The highest BCUT2D eigenvalue weighted by Crippen LogP contribution is 2.38. The summed E-state index contributed by atoms with van der Waals surface area (Å²) in [6, 6.07) is 5.41. The highest BCUT2D eigenvalue weighted by molar-refractivity contribution is 7.12. The molecule has 102 valence electrons. The van der Waals surface area contributed by atoms with E-state index in [1.54, 1.807) is 0 Å². The number of thiophene rings is 1. The summed E-state index contributed by atoms with van der Waals surface area (Å²) in [5, 5.41) is 9.29. The molecule has 0 aliphatic heterocycles. The third-order valence-corrected chi connectivity index (χ3v) is 4.73. The standard InChI is InChI=1S/C14H24N2OS/c1-3-12(15)14(13-7-4-10(2)18-13)16(8-9-17)11-5-6-11/h4,7,11-12,14,17H,3,5-6,8-9,15H2,1-2H3. The molecule has 3 nitrogen and oxygen atoms in total. The van der Waals surface area contributed by atoms with Crippen molar-refractivity contribution in [1.29, 1.82) is 0 Å². The first-order valence-electron chi connectivity index (χ1n) is 6.85. The Morgan fingerprint density at radius 2 is 2.22 bits per heavy atom. The number of aliphatic hydroxyl groups excluding tert-OH is 1. The van der Waals surface area contributed by atoms with E-state index in [4.69, 9.17) is 5.73 Å². The predicted molar refractivity (Wildman–Crippen MR) is 76.9 cm³/mol. The molecule has 0 bridgehead atoms. The molecule has 0 aromatic carbocycles. The number of nitrogens with two attached hydrogens (primary N) is 1. The number of nitrogens with zero attached hydrogens (tertiary/aromatic N) is 1. The van der Waals surface area contributed by atoms with Crippen molar-refractivity contribution in [1.82, 2.24) is 4.90 Å². The molecule has 1 aromatic heterocycles. The molecule has 1 fully saturated rings. The van der Waals surface area contributed by atoms with Gasteiger partial charge in [-0.2, -0.15) is 0 Å². The monoisotopic (exact) mass is 268 g/mol. The number of aliphatic hydroxyl groups is 1. The minimum Gasteiger partial charge on any atom is -0.395 e. The molecule has 18 heavy (non-hydrogen) atoms. The van der Waals surface area contributed by atoms with E-state index in [1.165, 1.54) is 22.6 Å². The van der Waals surface area contributed by atoms with E-state index >= 15 is 0 Å². The second-order valence-electron chi connectivity index (χ2n) is 5.16. The molecule has 0 amide bonds. The van der Waals surface area contributed by atoms with Crippen molar-refractivity contribution in [2.75, 3.05) is 13.2 Å². The fraction of sp³-hybridized carbons (Fsp3) is 0.714. The fourth-order valence-corrected chi connectivity index (χ4v) is 3.60. The van der Waals surface area contributed by atoms with E-state index in [0.717, 1.165) is 13.0 Å². The Kier molecular flexibility index (Phi) is 4.78. The minimum atomic E-state index is 0.148. The van der Waals surface area contributed by atoms with Crippen molar-refractivity contribution in [3.63, 3.8) is 0 Å². The van der Waals surface area contributed by atoms with Gasteiger partial charge in [0.25, 0.3) is 0 Å². The predicted octanol–water partition coefficient (Wildman–Crippen LogP) is 2.29. The largest absolute Gasteiger partial charge is 0.395 e. The number of aryl methyl sites for hydroxylation is 1. The summed E-state index contributed by atoms with van der Waals surface area (Å²) in [5.41, 5.74) is 6.34. The molecule has 2 rings (SSSR count). The van der Waals surface area contributed by atoms with E-state index < -0.39 is 0 Å². The molecule has 1 heterocycles. The summed E-state index contributed by atoms with van der Waals surface area (Å²) in [5.74, 6) is 0. The molecule has 0 saturated heterocycles. The average Bonchev–Trinajstić information content (AvgIpc) is 3.12. The van der Waals surface area contributed by atoms with Crippen LogP contribution in [0.2, 0.25) is 0 Å². The maximum absolute atomic E-state index is 9.29. The van der Waals surface area contributed by atoms with E-state index in [2.05, 4.69) is 30.9 Å². The first-order chi connectivity index (χ1) is 8.67. The summed E-state index contributed by atoms with van der Waals surface area (Å²) < 4.78 is 0.